The minimum absolute atomic E-state index is 0.367. The molecule has 0 aliphatic rings. The van der Waals surface area contributed by atoms with E-state index in [4.69, 9.17) is 0 Å². The van der Waals surface area contributed by atoms with E-state index in [0.29, 0.717) is 6.54 Å². The molecule has 0 fully saturated rings. The molecule has 0 unspecified atom stereocenters. The fourth-order valence-electron chi connectivity index (χ4n) is 1.52. The Bertz CT molecular complexity index is 428. The smallest absolute Gasteiger partial charge is 0.317 e. The molecule has 0 saturated heterocycles. The summed E-state index contributed by atoms with van der Waals surface area (Å²) in [4.78, 5) is 21.6. The van der Waals surface area contributed by atoms with Crippen molar-refractivity contribution in [1.82, 2.24) is 9.88 Å². The number of aryl methyl sites for hydroxylation is 1. The second kappa shape index (κ2) is 6.80. The van der Waals surface area contributed by atoms with Crippen molar-refractivity contribution in [3.8, 4) is 0 Å². The molecule has 0 aliphatic heterocycles. The molecule has 0 radical (unpaired) electrons. The first kappa shape index (κ1) is 13.4. The van der Waals surface area contributed by atoms with Gasteiger partial charge >= 0.3 is 11.2 Å². The van der Waals surface area contributed by atoms with Gasteiger partial charge in [-0.05, 0) is 32.0 Å². The standard InChI is InChI=1S/C11H17N3O3/c1-2-6-12-7-4-9-13-8-3-5-10(11(13)15)14(16)17/h3,5,8,12H,2,4,6-7,9H2,1H3. The van der Waals surface area contributed by atoms with Gasteiger partial charge in [0, 0.05) is 18.8 Å². The van der Waals surface area contributed by atoms with Crippen molar-refractivity contribution < 1.29 is 4.92 Å². The summed E-state index contributed by atoms with van der Waals surface area (Å²) in [5.74, 6) is 0. The van der Waals surface area contributed by atoms with Crippen LogP contribution < -0.4 is 10.9 Å². The van der Waals surface area contributed by atoms with E-state index in [2.05, 4.69) is 12.2 Å². The van der Waals surface area contributed by atoms with E-state index in [9.17, 15) is 14.9 Å². The molecule has 0 amide bonds. The molecule has 1 N–H and O–H groups in total. The SMILES string of the molecule is CCCNCCCn1cccc([N+](=O)[O-])c1=O. The number of nitrogens with one attached hydrogen (secondary N) is 1. The lowest BCUT2D eigenvalue weighted by Gasteiger charge is -2.05. The fraction of sp³-hybridized carbons (Fsp3) is 0.545. The Morgan fingerprint density at radius 1 is 1.47 bits per heavy atom. The Hall–Kier alpha value is -1.69. The van der Waals surface area contributed by atoms with E-state index in [1.54, 1.807) is 6.20 Å². The van der Waals surface area contributed by atoms with E-state index in [0.717, 1.165) is 25.9 Å². The number of aromatic nitrogens is 1. The molecular formula is C11H17N3O3. The number of pyridine rings is 1. The molecule has 6 heteroatoms. The van der Waals surface area contributed by atoms with Crippen molar-refractivity contribution in [1.29, 1.82) is 0 Å². The monoisotopic (exact) mass is 239 g/mol. The molecule has 1 heterocycles. The molecule has 94 valence electrons. The highest BCUT2D eigenvalue weighted by Crippen LogP contribution is 2.01. The van der Waals surface area contributed by atoms with Crippen molar-refractivity contribution in [2.24, 2.45) is 0 Å². The average molecular weight is 239 g/mol. The van der Waals surface area contributed by atoms with Crippen molar-refractivity contribution in [3.05, 3.63) is 38.8 Å². The van der Waals surface area contributed by atoms with E-state index in [-0.39, 0.29) is 5.69 Å². The molecule has 0 aromatic carbocycles. The highest BCUT2D eigenvalue weighted by molar-refractivity contribution is 5.24. The summed E-state index contributed by atoms with van der Waals surface area (Å²) in [7, 11) is 0. The molecule has 0 bridgehead atoms. The second-order valence-electron chi connectivity index (χ2n) is 3.75. The molecule has 0 spiro atoms. The first-order chi connectivity index (χ1) is 8.16. The van der Waals surface area contributed by atoms with Crippen molar-refractivity contribution in [2.45, 2.75) is 26.3 Å². The Morgan fingerprint density at radius 3 is 2.88 bits per heavy atom. The summed E-state index contributed by atoms with van der Waals surface area (Å²) in [5.41, 5.74) is -0.901. The summed E-state index contributed by atoms with van der Waals surface area (Å²) in [5, 5.41) is 13.8. The summed E-state index contributed by atoms with van der Waals surface area (Å²) in [6.45, 7) is 4.34. The van der Waals surface area contributed by atoms with Crippen LogP contribution in [0.1, 0.15) is 19.8 Å². The molecule has 1 aromatic heterocycles. The highest BCUT2D eigenvalue weighted by atomic mass is 16.6. The Morgan fingerprint density at radius 2 is 2.24 bits per heavy atom. The van der Waals surface area contributed by atoms with Crippen LogP contribution in [-0.2, 0) is 6.54 Å². The molecule has 17 heavy (non-hydrogen) atoms. The molecule has 0 atom stereocenters. The van der Waals surface area contributed by atoms with Crippen LogP contribution in [0.15, 0.2) is 23.1 Å². The van der Waals surface area contributed by atoms with E-state index >= 15 is 0 Å². The topological polar surface area (TPSA) is 77.2 Å². The highest BCUT2D eigenvalue weighted by Gasteiger charge is 2.12. The van der Waals surface area contributed by atoms with Crippen LogP contribution in [0.25, 0.3) is 0 Å². The maximum atomic E-state index is 11.6. The second-order valence-corrected chi connectivity index (χ2v) is 3.75. The predicted molar refractivity (Wildman–Crippen MR) is 65.1 cm³/mol. The number of nitrogens with zero attached hydrogens (tertiary/aromatic N) is 2. The lowest BCUT2D eigenvalue weighted by molar-refractivity contribution is -0.386. The quantitative estimate of drug-likeness (QED) is 0.440. The van der Waals surface area contributed by atoms with E-state index in [1.807, 2.05) is 0 Å². The van der Waals surface area contributed by atoms with Crippen LogP contribution in [0.3, 0.4) is 0 Å². The van der Waals surface area contributed by atoms with Gasteiger partial charge in [0.05, 0.1) is 4.92 Å². The van der Waals surface area contributed by atoms with E-state index in [1.165, 1.54) is 16.7 Å². The summed E-state index contributed by atoms with van der Waals surface area (Å²) >= 11 is 0. The van der Waals surface area contributed by atoms with Crippen LogP contribution in [0.4, 0.5) is 5.69 Å². The van der Waals surface area contributed by atoms with Crippen molar-refractivity contribution >= 4 is 5.69 Å². The zero-order valence-electron chi connectivity index (χ0n) is 9.89. The van der Waals surface area contributed by atoms with Gasteiger partial charge in [0.1, 0.15) is 0 Å². The summed E-state index contributed by atoms with van der Waals surface area (Å²) in [6, 6.07) is 2.76. The van der Waals surface area contributed by atoms with Crippen molar-refractivity contribution in [3.63, 3.8) is 0 Å². The predicted octanol–water partition coefficient (Wildman–Crippen LogP) is 1.15. The third kappa shape index (κ3) is 3.99. The molecule has 1 aromatic rings. The van der Waals surface area contributed by atoms with Crippen LogP contribution in [0.2, 0.25) is 0 Å². The molecule has 0 saturated carbocycles. The van der Waals surface area contributed by atoms with Gasteiger partial charge in [-0.15, -0.1) is 0 Å². The van der Waals surface area contributed by atoms with Gasteiger partial charge in [0.2, 0.25) is 0 Å². The number of rotatable bonds is 7. The number of nitro groups is 1. The zero-order valence-corrected chi connectivity index (χ0v) is 9.89. The first-order valence-electron chi connectivity index (χ1n) is 5.71. The third-order valence-electron chi connectivity index (χ3n) is 2.38. The molecule has 0 aliphatic carbocycles. The lowest BCUT2D eigenvalue weighted by atomic mass is 10.3. The lowest BCUT2D eigenvalue weighted by Crippen LogP contribution is -2.24. The molecular weight excluding hydrogens is 222 g/mol. The Labute approximate surface area is 99.4 Å². The van der Waals surface area contributed by atoms with Gasteiger partial charge in [-0.1, -0.05) is 6.92 Å². The van der Waals surface area contributed by atoms with Crippen molar-refractivity contribution in [2.75, 3.05) is 13.1 Å². The van der Waals surface area contributed by atoms with Gasteiger partial charge in [-0.2, -0.15) is 0 Å². The summed E-state index contributed by atoms with van der Waals surface area (Å²) in [6.07, 6.45) is 3.42. The maximum absolute atomic E-state index is 11.6. The molecule has 1 rings (SSSR count). The van der Waals surface area contributed by atoms with Crippen LogP contribution in [0.5, 0.6) is 0 Å². The Kier molecular flexibility index (Phi) is 5.35. The minimum Gasteiger partial charge on any atom is -0.317 e. The number of hydrogen-bond acceptors (Lipinski definition) is 4. The van der Waals surface area contributed by atoms with Crippen LogP contribution in [0, 0.1) is 10.1 Å². The van der Waals surface area contributed by atoms with Gasteiger partial charge in [0.25, 0.3) is 0 Å². The van der Waals surface area contributed by atoms with Gasteiger partial charge in [-0.3, -0.25) is 14.9 Å². The van der Waals surface area contributed by atoms with Crippen LogP contribution in [-0.4, -0.2) is 22.6 Å². The fourth-order valence-corrected chi connectivity index (χ4v) is 1.52. The average Bonchev–Trinajstić information content (AvgIpc) is 2.30. The Balaban J connectivity index is 2.57. The zero-order chi connectivity index (χ0) is 12.7. The normalized spacial score (nSPS) is 10.4. The largest absolute Gasteiger partial charge is 0.334 e. The maximum Gasteiger partial charge on any atom is 0.334 e. The first-order valence-corrected chi connectivity index (χ1v) is 5.71. The van der Waals surface area contributed by atoms with Gasteiger partial charge in [0.15, 0.2) is 0 Å². The summed E-state index contributed by atoms with van der Waals surface area (Å²) < 4.78 is 1.38. The van der Waals surface area contributed by atoms with Crippen LogP contribution >= 0.6 is 0 Å². The third-order valence-corrected chi connectivity index (χ3v) is 2.38. The molecule has 6 nitrogen and oxygen atoms in total. The number of hydrogen-bond donors (Lipinski definition) is 1. The van der Waals surface area contributed by atoms with E-state index < -0.39 is 10.5 Å². The van der Waals surface area contributed by atoms with Gasteiger partial charge < -0.3 is 9.88 Å². The van der Waals surface area contributed by atoms with Gasteiger partial charge in [-0.25, -0.2) is 0 Å². The minimum atomic E-state index is -0.645.